The van der Waals surface area contributed by atoms with E-state index in [0.717, 1.165) is 0 Å². The molecule has 1 amide bonds. The van der Waals surface area contributed by atoms with E-state index in [9.17, 15) is 15.0 Å². The Kier molecular flexibility index (Phi) is 7.63. The molecule has 0 saturated carbocycles. The van der Waals surface area contributed by atoms with Crippen LogP contribution in [0.2, 0.25) is 0 Å². The zero-order valence-electron chi connectivity index (χ0n) is 15.6. The second-order valence-corrected chi connectivity index (χ2v) is 5.86. The Bertz CT molecular complexity index is 832. The van der Waals surface area contributed by atoms with Crippen LogP contribution in [0, 0.1) is 11.3 Å². The first-order chi connectivity index (χ1) is 13.5. The number of nitrogens with zero attached hydrogens (tertiary/aromatic N) is 1. The number of benzene rings is 2. The SMILES string of the molecule is COc1ccc([C@@H](OC(=O)Nc2ccc(C#N)cc2)[C@@H](CCO)OC)cc1O. The summed E-state index contributed by atoms with van der Waals surface area (Å²) in [7, 11) is 2.87. The van der Waals surface area contributed by atoms with Crippen LogP contribution in [0.4, 0.5) is 10.5 Å². The van der Waals surface area contributed by atoms with Crippen LogP contribution in [0.15, 0.2) is 42.5 Å². The molecular formula is C20H22N2O6. The summed E-state index contributed by atoms with van der Waals surface area (Å²) in [4.78, 5) is 12.4. The number of carbonyl (C=O) groups excluding carboxylic acids is 1. The lowest BCUT2D eigenvalue weighted by Crippen LogP contribution is -2.28. The molecule has 3 N–H and O–H groups in total. The smallest absolute Gasteiger partial charge is 0.412 e. The lowest BCUT2D eigenvalue weighted by atomic mass is 10.0. The van der Waals surface area contributed by atoms with Crippen LogP contribution in [-0.4, -0.2) is 43.2 Å². The Balaban J connectivity index is 2.22. The molecule has 0 unspecified atom stereocenters. The topological polar surface area (TPSA) is 121 Å². The third-order valence-corrected chi connectivity index (χ3v) is 4.08. The number of nitriles is 1. The quantitative estimate of drug-likeness (QED) is 0.638. The van der Waals surface area contributed by atoms with Crippen molar-refractivity contribution in [2.75, 3.05) is 26.1 Å². The van der Waals surface area contributed by atoms with Gasteiger partial charge in [-0.2, -0.15) is 5.26 Å². The Morgan fingerprint density at radius 3 is 2.46 bits per heavy atom. The number of hydrogen-bond donors (Lipinski definition) is 3. The lowest BCUT2D eigenvalue weighted by Gasteiger charge is -2.26. The van der Waals surface area contributed by atoms with Crippen LogP contribution in [0.3, 0.4) is 0 Å². The minimum atomic E-state index is -0.882. The second kappa shape index (κ2) is 10.2. The van der Waals surface area contributed by atoms with Crippen molar-refractivity contribution >= 4 is 11.8 Å². The average Bonchev–Trinajstić information content (AvgIpc) is 2.71. The summed E-state index contributed by atoms with van der Waals surface area (Å²) >= 11 is 0. The standard InChI is InChI=1S/C20H22N2O6/c1-26-17-8-5-14(11-16(17)24)19(18(27-2)9-10-23)28-20(25)22-15-6-3-13(12-21)4-7-15/h3-8,11,18-19,23-24H,9-10H2,1-2H3,(H,22,25)/t18-,19-/m1/s1. The van der Waals surface area contributed by atoms with Gasteiger partial charge in [-0.25, -0.2) is 4.79 Å². The van der Waals surface area contributed by atoms with Gasteiger partial charge in [0.05, 0.1) is 18.7 Å². The highest BCUT2D eigenvalue weighted by molar-refractivity contribution is 5.84. The molecule has 0 bridgehead atoms. The second-order valence-electron chi connectivity index (χ2n) is 5.86. The van der Waals surface area contributed by atoms with Gasteiger partial charge in [0.15, 0.2) is 17.6 Å². The highest BCUT2D eigenvalue weighted by Gasteiger charge is 2.28. The van der Waals surface area contributed by atoms with Gasteiger partial charge in [-0.1, -0.05) is 6.07 Å². The van der Waals surface area contributed by atoms with Gasteiger partial charge in [-0.15, -0.1) is 0 Å². The molecule has 2 aromatic carbocycles. The first kappa shape index (κ1) is 21.0. The fourth-order valence-electron chi connectivity index (χ4n) is 2.65. The molecule has 0 fully saturated rings. The highest BCUT2D eigenvalue weighted by atomic mass is 16.6. The monoisotopic (exact) mass is 386 g/mol. The predicted octanol–water partition coefficient (Wildman–Crippen LogP) is 2.96. The third-order valence-electron chi connectivity index (χ3n) is 4.08. The van der Waals surface area contributed by atoms with Crippen molar-refractivity contribution in [1.29, 1.82) is 5.26 Å². The van der Waals surface area contributed by atoms with E-state index >= 15 is 0 Å². The summed E-state index contributed by atoms with van der Waals surface area (Å²) in [5.41, 5.74) is 1.40. The lowest BCUT2D eigenvalue weighted by molar-refractivity contribution is -0.0306. The van der Waals surface area contributed by atoms with Crippen LogP contribution in [0.1, 0.15) is 23.7 Å². The van der Waals surface area contributed by atoms with Gasteiger partial charge in [-0.05, 0) is 42.0 Å². The number of nitrogens with one attached hydrogen (secondary N) is 1. The fourth-order valence-corrected chi connectivity index (χ4v) is 2.65. The number of anilines is 1. The van der Waals surface area contributed by atoms with Crippen molar-refractivity contribution in [1.82, 2.24) is 0 Å². The van der Waals surface area contributed by atoms with E-state index in [1.54, 1.807) is 36.4 Å². The number of methoxy groups -OCH3 is 2. The van der Waals surface area contributed by atoms with Crippen LogP contribution in [0.5, 0.6) is 11.5 Å². The Labute approximate surface area is 162 Å². The maximum atomic E-state index is 12.4. The van der Waals surface area contributed by atoms with E-state index in [2.05, 4.69) is 5.32 Å². The molecule has 0 aromatic heterocycles. The minimum absolute atomic E-state index is 0.111. The van der Waals surface area contributed by atoms with E-state index in [-0.39, 0.29) is 24.5 Å². The highest BCUT2D eigenvalue weighted by Crippen LogP contribution is 2.33. The summed E-state index contributed by atoms with van der Waals surface area (Å²) in [5.74, 6) is 0.167. The van der Waals surface area contributed by atoms with Crippen molar-refractivity contribution in [3.8, 4) is 17.6 Å². The predicted molar refractivity (Wildman–Crippen MR) is 101 cm³/mol. The molecule has 2 atom stereocenters. The van der Waals surface area contributed by atoms with Crippen molar-refractivity contribution < 1.29 is 29.2 Å². The zero-order valence-corrected chi connectivity index (χ0v) is 15.6. The van der Waals surface area contributed by atoms with E-state index in [1.807, 2.05) is 6.07 Å². The van der Waals surface area contributed by atoms with Gasteiger partial charge in [0, 0.05) is 25.8 Å². The molecule has 2 aromatic rings. The maximum absolute atomic E-state index is 12.4. The van der Waals surface area contributed by atoms with E-state index in [0.29, 0.717) is 16.8 Å². The summed E-state index contributed by atoms with van der Waals surface area (Å²) in [6.07, 6.45) is -2.04. The Morgan fingerprint density at radius 2 is 1.93 bits per heavy atom. The number of aromatic hydroxyl groups is 1. The van der Waals surface area contributed by atoms with Gasteiger partial charge < -0.3 is 24.4 Å². The molecule has 0 aliphatic carbocycles. The normalized spacial score (nSPS) is 12.5. The van der Waals surface area contributed by atoms with Gasteiger partial charge in [0.2, 0.25) is 0 Å². The summed E-state index contributed by atoms with van der Waals surface area (Å²) in [6, 6.07) is 12.9. The Hall–Kier alpha value is -3.28. The Morgan fingerprint density at radius 1 is 1.21 bits per heavy atom. The molecule has 0 spiro atoms. The summed E-state index contributed by atoms with van der Waals surface area (Å²) < 4.78 is 15.9. The van der Waals surface area contributed by atoms with Crippen LogP contribution >= 0.6 is 0 Å². The van der Waals surface area contributed by atoms with Gasteiger partial charge >= 0.3 is 6.09 Å². The van der Waals surface area contributed by atoms with Crippen molar-refractivity contribution in [3.63, 3.8) is 0 Å². The zero-order chi connectivity index (χ0) is 20.5. The number of ether oxygens (including phenoxy) is 3. The maximum Gasteiger partial charge on any atom is 0.412 e. The van der Waals surface area contributed by atoms with Crippen LogP contribution in [0.25, 0.3) is 0 Å². The number of amides is 1. The average molecular weight is 386 g/mol. The van der Waals surface area contributed by atoms with Crippen LogP contribution < -0.4 is 10.1 Å². The molecule has 8 heteroatoms. The van der Waals surface area contributed by atoms with Crippen molar-refractivity contribution in [3.05, 3.63) is 53.6 Å². The molecule has 8 nitrogen and oxygen atoms in total. The number of rotatable bonds is 8. The van der Waals surface area contributed by atoms with Crippen molar-refractivity contribution in [2.24, 2.45) is 0 Å². The number of phenols is 1. The molecule has 148 valence electrons. The van der Waals surface area contributed by atoms with Crippen molar-refractivity contribution in [2.45, 2.75) is 18.6 Å². The molecule has 2 rings (SSSR count). The van der Waals surface area contributed by atoms with E-state index in [4.69, 9.17) is 19.5 Å². The third kappa shape index (κ3) is 5.36. The molecule has 0 heterocycles. The first-order valence-electron chi connectivity index (χ1n) is 8.50. The number of phenolic OH excluding ortho intramolecular Hbond substituents is 1. The number of aliphatic hydroxyl groups is 1. The number of aliphatic hydroxyl groups excluding tert-OH is 1. The molecular weight excluding hydrogens is 364 g/mol. The van der Waals surface area contributed by atoms with E-state index < -0.39 is 18.3 Å². The molecule has 28 heavy (non-hydrogen) atoms. The molecule has 0 aliphatic heterocycles. The number of hydrogen-bond acceptors (Lipinski definition) is 7. The first-order valence-corrected chi connectivity index (χ1v) is 8.50. The minimum Gasteiger partial charge on any atom is -0.504 e. The molecule has 0 aliphatic rings. The van der Waals surface area contributed by atoms with Gasteiger partial charge in [-0.3, -0.25) is 5.32 Å². The molecule has 0 radical (unpaired) electrons. The summed E-state index contributed by atoms with van der Waals surface area (Å²) in [5, 5.41) is 30.7. The largest absolute Gasteiger partial charge is 0.504 e. The van der Waals surface area contributed by atoms with Gasteiger partial charge in [0.25, 0.3) is 0 Å². The van der Waals surface area contributed by atoms with E-state index in [1.165, 1.54) is 20.3 Å². The number of carbonyl (C=O) groups is 1. The van der Waals surface area contributed by atoms with Crippen LogP contribution in [-0.2, 0) is 9.47 Å². The fraction of sp³-hybridized carbons (Fsp3) is 0.300. The van der Waals surface area contributed by atoms with Gasteiger partial charge in [0.1, 0.15) is 6.10 Å². The summed E-state index contributed by atoms with van der Waals surface area (Å²) in [6.45, 7) is -0.169. The molecule has 0 saturated heterocycles.